The molecule has 2 N–H and O–H groups in total. The first-order valence-corrected chi connectivity index (χ1v) is 6.04. The minimum Gasteiger partial charge on any atom is -0.321 e. The standard InChI is InChI=1S/C15H23N/c1-4-11-15(16,12-10-13(2)3)14-8-6-5-7-9-14/h4-9,13H,1,10-12,16H2,2-3H3. The molecular formula is C15H23N. The Morgan fingerprint density at radius 2 is 1.94 bits per heavy atom. The van der Waals surface area contributed by atoms with Crippen molar-refractivity contribution in [2.45, 2.75) is 38.6 Å². The fourth-order valence-corrected chi connectivity index (χ4v) is 1.94. The third-order valence-electron chi connectivity index (χ3n) is 3.03. The van der Waals surface area contributed by atoms with E-state index < -0.39 is 0 Å². The zero-order valence-electron chi connectivity index (χ0n) is 10.4. The first-order valence-electron chi connectivity index (χ1n) is 6.04. The molecule has 0 aliphatic carbocycles. The van der Waals surface area contributed by atoms with Crippen LogP contribution >= 0.6 is 0 Å². The number of benzene rings is 1. The Kier molecular flexibility index (Phi) is 4.75. The highest BCUT2D eigenvalue weighted by Gasteiger charge is 2.25. The minimum atomic E-state index is -0.243. The molecule has 1 heteroatoms. The average Bonchev–Trinajstić information content (AvgIpc) is 2.28. The van der Waals surface area contributed by atoms with Gasteiger partial charge in [-0.3, -0.25) is 0 Å². The van der Waals surface area contributed by atoms with Crippen LogP contribution in [0.25, 0.3) is 0 Å². The smallest absolute Gasteiger partial charge is 0.0444 e. The van der Waals surface area contributed by atoms with Crippen LogP contribution in [0.5, 0.6) is 0 Å². The van der Waals surface area contributed by atoms with E-state index in [1.54, 1.807) is 0 Å². The molecule has 0 fully saturated rings. The normalized spacial score (nSPS) is 14.8. The van der Waals surface area contributed by atoms with Crippen LogP contribution < -0.4 is 5.73 Å². The first-order chi connectivity index (χ1) is 7.58. The van der Waals surface area contributed by atoms with E-state index in [9.17, 15) is 0 Å². The molecule has 0 spiro atoms. The average molecular weight is 217 g/mol. The summed E-state index contributed by atoms with van der Waals surface area (Å²) >= 11 is 0. The van der Waals surface area contributed by atoms with Crippen LogP contribution in [0.3, 0.4) is 0 Å². The van der Waals surface area contributed by atoms with Gasteiger partial charge in [-0.25, -0.2) is 0 Å². The van der Waals surface area contributed by atoms with Gasteiger partial charge >= 0.3 is 0 Å². The van der Waals surface area contributed by atoms with Crippen molar-refractivity contribution in [2.75, 3.05) is 0 Å². The Morgan fingerprint density at radius 1 is 1.31 bits per heavy atom. The van der Waals surface area contributed by atoms with Crippen molar-refractivity contribution in [2.24, 2.45) is 11.7 Å². The molecule has 0 saturated carbocycles. The van der Waals surface area contributed by atoms with Gasteiger partial charge in [0.15, 0.2) is 0 Å². The van der Waals surface area contributed by atoms with Crippen LogP contribution in [0.2, 0.25) is 0 Å². The van der Waals surface area contributed by atoms with Gasteiger partial charge in [0.25, 0.3) is 0 Å². The summed E-state index contributed by atoms with van der Waals surface area (Å²) < 4.78 is 0. The van der Waals surface area contributed by atoms with E-state index in [-0.39, 0.29) is 5.54 Å². The zero-order valence-corrected chi connectivity index (χ0v) is 10.4. The molecular weight excluding hydrogens is 194 g/mol. The highest BCUT2D eigenvalue weighted by atomic mass is 14.7. The SMILES string of the molecule is C=CCC(N)(CCC(C)C)c1ccccc1. The lowest BCUT2D eigenvalue weighted by Crippen LogP contribution is -2.36. The lowest BCUT2D eigenvalue weighted by atomic mass is 9.82. The van der Waals surface area contributed by atoms with E-state index in [0.29, 0.717) is 5.92 Å². The third-order valence-corrected chi connectivity index (χ3v) is 3.03. The monoisotopic (exact) mass is 217 g/mol. The zero-order chi connectivity index (χ0) is 12.0. The molecule has 0 bridgehead atoms. The van der Waals surface area contributed by atoms with E-state index in [1.807, 2.05) is 12.1 Å². The molecule has 0 aliphatic heterocycles. The number of hydrogen-bond acceptors (Lipinski definition) is 1. The fourth-order valence-electron chi connectivity index (χ4n) is 1.94. The molecule has 1 nitrogen and oxygen atoms in total. The minimum absolute atomic E-state index is 0.243. The van der Waals surface area contributed by atoms with E-state index >= 15 is 0 Å². The summed E-state index contributed by atoms with van der Waals surface area (Å²) in [6.07, 6.45) is 4.93. The molecule has 0 radical (unpaired) electrons. The van der Waals surface area contributed by atoms with Gasteiger partial charge in [0, 0.05) is 5.54 Å². The summed E-state index contributed by atoms with van der Waals surface area (Å²) in [6.45, 7) is 8.29. The predicted molar refractivity (Wildman–Crippen MR) is 71.2 cm³/mol. The maximum absolute atomic E-state index is 6.51. The topological polar surface area (TPSA) is 26.0 Å². The van der Waals surface area contributed by atoms with Crippen molar-refractivity contribution >= 4 is 0 Å². The van der Waals surface area contributed by atoms with E-state index in [0.717, 1.165) is 19.3 Å². The second-order valence-corrected chi connectivity index (χ2v) is 4.95. The molecule has 0 aliphatic rings. The summed E-state index contributed by atoms with van der Waals surface area (Å²) in [7, 11) is 0. The van der Waals surface area contributed by atoms with Gasteiger partial charge in [-0.2, -0.15) is 0 Å². The number of rotatable bonds is 6. The van der Waals surface area contributed by atoms with E-state index in [4.69, 9.17) is 5.73 Å². The molecule has 0 amide bonds. The van der Waals surface area contributed by atoms with Crippen molar-refractivity contribution < 1.29 is 0 Å². The Morgan fingerprint density at radius 3 is 2.44 bits per heavy atom. The maximum atomic E-state index is 6.51. The Labute approximate surface area is 99.4 Å². The van der Waals surface area contributed by atoms with Crippen molar-refractivity contribution in [3.63, 3.8) is 0 Å². The number of nitrogens with two attached hydrogens (primary N) is 1. The van der Waals surface area contributed by atoms with Crippen LogP contribution in [0, 0.1) is 5.92 Å². The summed E-state index contributed by atoms with van der Waals surface area (Å²) in [6, 6.07) is 10.4. The molecule has 1 aromatic rings. The summed E-state index contributed by atoms with van der Waals surface area (Å²) in [5.41, 5.74) is 7.48. The Bertz CT molecular complexity index is 315. The Hall–Kier alpha value is -1.08. The largest absolute Gasteiger partial charge is 0.321 e. The predicted octanol–water partition coefficient (Wildman–Crippen LogP) is 3.85. The molecule has 16 heavy (non-hydrogen) atoms. The van der Waals surface area contributed by atoms with Gasteiger partial charge in [-0.05, 0) is 30.7 Å². The highest BCUT2D eigenvalue weighted by Crippen LogP contribution is 2.29. The molecule has 1 aromatic carbocycles. The van der Waals surface area contributed by atoms with Crippen LogP contribution in [-0.4, -0.2) is 0 Å². The van der Waals surface area contributed by atoms with Gasteiger partial charge in [-0.15, -0.1) is 6.58 Å². The van der Waals surface area contributed by atoms with Gasteiger partial charge in [0.2, 0.25) is 0 Å². The van der Waals surface area contributed by atoms with E-state index in [2.05, 4.69) is 44.7 Å². The van der Waals surface area contributed by atoms with Gasteiger partial charge in [-0.1, -0.05) is 50.3 Å². The summed E-state index contributed by atoms with van der Waals surface area (Å²) in [5.74, 6) is 0.691. The molecule has 1 rings (SSSR count). The molecule has 0 aromatic heterocycles. The quantitative estimate of drug-likeness (QED) is 0.720. The van der Waals surface area contributed by atoms with Crippen molar-refractivity contribution in [3.05, 3.63) is 48.6 Å². The second kappa shape index (κ2) is 5.86. The lowest BCUT2D eigenvalue weighted by molar-refractivity contribution is 0.368. The molecule has 1 unspecified atom stereocenters. The first kappa shape index (κ1) is 13.0. The lowest BCUT2D eigenvalue weighted by Gasteiger charge is -2.30. The van der Waals surface area contributed by atoms with Crippen LogP contribution in [0.1, 0.15) is 38.7 Å². The van der Waals surface area contributed by atoms with E-state index in [1.165, 1.54) is 5.56 Å². The van der Waals surface area contributed by atoms with Crippen molar-refractivity contribution in [1.29, 1.82) is 0 Å². The summed E-state index contributed by atoms with van der Waals surface area (Å²) in [5, 5.41) is 0. The van der Waals surface area contributed by atoms with Crippen molar-refractivity contribution in [3.8, 4) is 0 Å². The van der Waals surface area contributed by atoms with Crippen LogP contribution in [0.15, 0.2) is 43.0 Å². The maximum Gasteiger partial charge on any atom is 0.0444 e. The van der Waals surface area contributed by atoms with Crippen LogP contribution in [0.4, 0.5) is 0 Å². The van der Waals surface area contributed by atoms with Crippen LogP contribution in [-0.2, 0) is 5.54 Å². The fraction of sp³-hybridized carbons (Fsp3) is 0.467. The second-order valence-electron chi connectivity index (χ2n) is 4.95. The molecule has 1 atom stereocenters. The van der Waals surface area contributed by atoms with Gasteiger partial charge in [0.1, 0.15) is 0 Å². The van der Waals surface area contributed by atoms with Gasteiger partial charge < -0.3 is 5.73 Å². The highest BCUT2D eigenvalue weighted by molar-refractivity contribution is 5.24. The Balaban J connectivity index is 2.83. The van der Waals surface area contributed by atoms with Gasteiger partial charge in [0.05, 0.1) is 0 Å². The summed E-state index contributed by atoms with van der Waals surface area (Å²) in [4.78, 5) is 0. The molecule has 0 heterocycles. The third kappa shape index (κ3) is 3.49. The van der Waals surface area contributed by atoms with Crippen molar-refractivity contribution in [1.82, 2.24) is 0 Å². The molecule has 88 valence electrons. The molecule has 0 saturated heterocycles. The number of hydrogen-bond donors (Lipinski definition) is 1.